The number of nitrogens with zero attached hydrogens (tertiary/aromatic N) is 3. The molecule has 0 aliphatic carbocycles. The van der Waals surface area contributed by atoms with Crippen LogP contribution in [0.5, 0.6) is 0 Å². The third-order valence-electron chi connectivity index (χ3n) is 4.57. The van der Waals surface area contributed by atoms with Gasteiger partial charge < -0.3 is 10.2 Å². The van der Waals surface area contributed by atoms with Crippen LogP contribution >= 0.6 is 0 Å². The minimum atomic E-state index is -0.180. The Morgan fingerprint density at radius 1 is 1.12 bits per heavy atom. The summed E-state index contributed by atoms with van der Waals surface area (Å²) in [5.41, 5.74) is 4.94. The number of amides is 1. The monoisotopic (exact) mass is 344 g/mol. The number of hydrogen-bond acceptors (Lipinski definition) is 4. The summed E-state index contributed by atoms with van der Waals surface area (Å²) in [6, 6.07) is 16.0. The van der Waals surface area contributed by atoms with E-state index in [0.29, 0.717) is 12.2 Å². The van der Waals surface area contributed by atoms with E-state index in [1.807, 2.05) is 24.3 Å². The number of para-hydroxylation sites is 1. The molecule has 0 saturated heterocycles. The fourth-order valence-corrected chi connectivity index (χ4v) is 3.29. The summed E-state index contributed by atoms with van der Waals surface area (Å²) in [7, 11) is 0. The van der Waals surface area contributed by atoms with E-state index in [2.05, 4.69) is 44.5 Å². The van der Waals surface area contributed by atoms with Gasteiger partial charge in [-0.15, -0.1) is 0 Å². The molecular formula is C21H20N4O. The van der Waals surface area contributed by atoms with Gasteiger partial charge in [0.1, 0.15) is 5.69 Å². The van der Waals surface area contributed by atoms with E-state index in [1.165, 1.54) is 11.3 Å². The molecule has 26 heavy (non-hydrogen) atoms. The van der Waals surface area contributed by atoms with Gasteiger partial charge in [-0.25, -0.2) is 0 Å². The summed E-state index contributed by atoms with van der Waals surface area (Å²) in [6.07, 6.45) is 7.35. The van der Waals surface area contributed by atoms with E-state index in [9.17, 15) is 4.79 Å². The van der Waals surface area contributed by atoms with Gasteiger partial charge >= 0.3 is 0 Å². The Hall–Kier alpha value is -3.21. The van der Waals surface area contributed by atoms with Crippen LogP contribution in [0.1, 0.15) is 28.0 Å². The molecule has 1 amide bonds. The van der Waals surface area contributed by atoms with Crippen molar-refractivity contribution in [3.8, 4) is 0 Å². The Kier molecular flexibility index (Phi) is 4.60. The Bertz CT molecular complexity index is 911. The van der Waals surface area contributed by atoms with Crippen molar-refractivity contribution in [1.29, 1.82) is 0 Å². The number of pyridine rings is 2. The number of fused-ring (bicyclic) bond motifs is 1. The molecule has 1 aliphatic rings. The summed E-state index contributed by atoms with van der Waals surface area (Å²) in [6.45, 7) is 1.38. The van der Waals surface area contributed by atoms with Gasteiger partial charge in [-0.05, 0) is 48.2 Å². The second-order valence-electron chi connectivity index (χ2n) is 6.33. The molecule has 5 heteroatoms. The molecule has 1 N–H and O–H groups in total. The molecule has 1 aromatic carbocycles. The molecule has 3 aromatic rings. The normalized spacial score (nSPS) is 13.2. The number of rotatable bonds is 4. The largest absolute Gasteiger partial charge is 0.347 e. The van der Waals surface area contributed by atoms with Gasteiger partial charge in [0.2, 0.25) is 0 Å². The van der Waals surface area contributed by atoms with Gasteiger partial charge in [-0.2, -0.15) is 0 Å². The Morgan fingerprint density at radius 2 is 2.04 bits per heavy atom. The van der Waals surface area contributed by atoms with Crippen molar-refractivity contribution in [2.45, 2.75) is 19.4 Å². The van der Waals surface area contributed by atoms with Crippen molar-refractivity contribution in [3.05, 3.63) is 83.9 Å². The van der Waals surface area contributed by atoms with Gasteiger partial charge in [0.25, 0.3) is 5.91 Å². The Morgan fingerprint density at radius 3 is 2.92 bits per heavy atom. The van der Waals surface area contributed by atoms with Crippen LogP contribution in [0, 0.1) is 0 Å². The quantitative estimate of drug-likeness (QED) is 0.787. The maximum atomic E-state index is 12.5. The predicted octanol–water partition coefficient (Wildman–Crippen LogP) is 3.49. The fourth-order valence-electron chi connectivity index (χ4n) is 3.29. The van der Waals surface area contributed by atoms with Crippen LogP contribution in [-0.4, -0.2) is 22.4 Å². The van der Waals surface area contributed by atoms with Crippen LogP contribution in [0.15, 0.2) is 67.1 Å². The molecule has 4 rings (SSSR count). The highest BCUT2D eigenvalue weighted by Gasteiger charge is 2.19. The zero-order chi connectivity index (χ0) is 17.8. The predicted molar refractivity (Wildman–Crippen MR) is 101 cm³/mol. The van der Waals surface area contributed by atoms with Gasteiger partial charge in [0.15, 0.2) is 0 Å². The summed E-state index contributed by atoms with van der Waals surface area (Å²) in [5.74, 6) is -0.180. The first-order valence-corrected chi connectivity index (χ1v) is 8.80. The molecule has 0 atom stereocenters. The van der Waals surface area contributed by atoms with Crippen molar-refractivity contribution in [2.75, 3.05) is 11.4 Å². The number of hydrogen-bond donors (Lipinski definition) is 1. The average molecular weight is 344 g/mol. The third-order valence-corrected chi connectivity index (χ3v) is 4.57. The number of anilines is 2. The highest BCUT2D eigenvalue weighted by molar-refractivity contribution is 5.93. The lowest BCUT2D eigenvalue weighted by atomic mass is 10.0. The van der Waals surface area contributed by atoms with Crippen LogP contribution in [0.25, 0.3) is 0 Å². The first-order chi connectivity index (χ1) is 12.8. The number of nitrogens with one attached hydrogen (secondary N) is 1. The highest BCUT2D eigenvalue weighted by Crippen LogP contribution is 2.33. The van der Waals surface area contributed by atoms with Crippen LogP contribution < -0.4 is 10.2 Å². The summed E-state index contributed by atoms with van der Waals surface area (Å²) >= 11 is 0. The zero-order valence-electron chi connectivity index (χ0n) is 14.4. The lowest BCUT2D eigenvalue weighted by Gasteiger charge is -2.31. The average Bonchev–Trinajstić information content (AvgIpc) is 2.72. The topological polar surface area (TPSA) is 58.1 Å². The lowest BCUT2D eigenvalue weighted by Crippen LogP contribution is -2.26. The van der Waals surface area contributed by atoms with E-state index in [0.717, 1.165) is 30.6 Å². The molecule has 0 bridgehead atoms. The Labute approximate surface area is 152 Å². The molecule has 0 unspecified atom stereocenters. The number of aryl methyl sites for hydroxylation is 1. The molecule has 0 fully saturated rings. The molecule has 5 nitrogen and oxygen atoms in total. The number of aromatic nitrogens is 2. The summed E-state index contributed by atoms with van der Waals surface area (Å²) in [5, 5.41) is 2.90. The molecule has 0 radical (unpaired) electrons. The minimum Gasteiger partial charge on any atom is -0.347 e. The van der Waals surface area contributed by atoms with E-state index in [4.69, 9.17) is 0 Å². The second kappa shape index (κ2) is 7.35. The molecule has 3 heterocycles. The van der Waals surface area contributed by atoms with Crippen LogP contribution in [0.2, 0.25) is 0 Å². The van der Waals surface area contributed by atoms with Gasteiger partial charge in [-0.3, -0.25) is 14.8 Å². The molecule has 1 aliphatic heterocycles. The van der Waals surface area contributed by atoms with Crippen molar-refractivity contribution < 1.29 is 4.79 Å². The van der Waals surface area contributed by atoms with Crippen molar-refractivity contribution in [1.82, 2.24) is 15.3 Å². The number of carbonyl (C=O) groups is 1. The molecule has 0 spiro atoms. The van der Waals surface area contributed by atoms with Crippen molar-refractivity contribution in [2.24, 2.45) is 0 Å². The van der Waals surface area contributed by atoms with Crippen molar-refractivity contribution in [3.63, 3.8) is 0 Å². The van der Waals surface area contributed by atoms with Crippen molar-refractivity contribution >= 4 is 17.3 Å². The van der Waals surface area contributed by atoms with Crippen LogP contribution in [0.4, 0.5) is 11.4 Å². The first kappa shape index (κ1) is 16.3. The van der Waals surface area contributed by atoms with Gasteiger partial charge in [0, 0.05) is 43.1 Å². The maximum absolute atomic E-state index is 12.5. The molecular weight excluding hydrogens is 324 g/mol. The van der Waals surface area contributed by atoms with Crippen LogP contribution in [-0.2, 0) is 13.0 Å². The summed E-state index contributed by atoms with van der Waals surface area (Å²) < 4.78 is 0. The maximum Gasteiger partial charge on any atom is 0.270 e. The van der Waals surface area contributed by atoms with E-state index in [-0.39, 0.29) is 5.91 Å². The van der Waals surface area contributed by atoms with Gasteiger partial charge in [0.05, 0.1) is 0 Å². The number of carbonyl (C=O) groups excluding carboxylic acids is 1. The standard InChI is InChI=1S/C21H20N4O/c26-21(24-15-16-5-3-10-22-14-16)19-13-18(9-11-23-19)25-12-4-7-17-6-1-2-8-20(17)25/h1-3,5-6,8-11,13-14H,4,7,12,15H2,(H,24,26). The zero-order valence-corrected chi connectivity index (χ0v) is 14.4. The fraction of sp³-hybridized carbons (Fsp3) is 0.190. The third kappa shape index (κ3) is 3.42. The molecule has 2 aromatic heterocycles. The second-order valence-corrected chi connectivity index (χ2v) is 6.33. The lowest BCUT2D eigenvalue weighted by molar-refractivity contribution is 0.0946. The first-order valence-electron chi connectivity index (χ1n) is 8.80. The molecule has 0 saturated carbocycles. The van der Waals surface area contributed by atoms with E-state index < -0.39 is 0 Å². The number of benzene rings is 1. The molecule has 130 valence electrons. The van der Waals surface area contributed by atoms with E-state index in [1.54, 1.807) is 18.6 Å². The smallest absolute Gasteiger partial charge is 0.270 e. The SMILES string of the molecule is O=C(NCc1cccnc1)c1cc(N2CCCc3ccccc32)ccn1. The summed E-state index contributed by atoms with van der Waals surface area (Å²) in [4.78, 5) is 23.1. The minimum absolute atomic E-state index is 0.180. The van der Waals surface area contributed by atoms with E-state index >= 15 is 0 Å². The van der Waals surface area contributed by atoms with Gasteiger partial charge in [-0.1, -0.05) is 24.3 Å². The highest BCUT2D eigenvalue weighted by atomic mass is 16.1. The Balaban J connectivity index is 1.53. The van der Waals surface area contributed by atoms with Crippen LogP contribution in [0.3, 0.4) is 0 Å².